The van der Waals surface area contributed by atoms with Crippen molar-refractivity contribution in [2.24, 2.45) is 17.8 Å². The monoisotopic (exact) mass is 212 g/mol. The Kier molecular flexibility index (Phi) is 5.13. The average Bonchev–Trinajstić information content (AvgIpc) is 2.22. The molecule has 0 heterocycles. The van der Waals surface area contributed by atoms with Crippen LogP contribution >= 0.6 is 0 Å². The highest BCUT2D eigenvalue weighted by Crippen LogP contribution is 2.33. The highest BCUT2D eigenvalue weighted by molar-refractivity contribution is 5.72. The zero-order valence-electron chi connectivity index (χ0n) is 10.3. The average molecular weight is 212 g/mol. The van der Waals surface area contributed by atoms with Gasteiger partial charge in [0.05, 0.1) is 12.5 Å². The lowest BCUT2D eigenvalue weighted by atomic mass is 9.76. The summed E-state index contributed by atoms with van der Waals surface area (Å²) in [5.41, 5.74) is 0. The smallest absolute Gasteiger partial charge is 0.308 e. The third kappa shape index (κ3) is 3.84. The summed E-state index contributed by atoms with van der Waals surface area (Å²) < 4.78 is 5.27. The normalized spacial score (nSPS) is 31.3. The maximum atomic E-state index is 11.7. The van der Waals surface area contributed by atoms with Crippen molar-refractivity contribution in [1.82, 2.24) is 0 Å². The number of hydrogen-bond acceptors (Lipinski definition) is 2. The molecule has 0 bridgehead atoms. The Morgan fingerprint density at radius 1 is 1.27 bits per heavy atom. The molecule has 1 fully saturated rings. The predicted molar refractivity (Wildman–Crippen MR) is 61.5 cm³/mol. The molecule has 15 heavy (non-hydrogen) atoms. The number of carbonyl (C=O) groups is 1. The predicted octanol–water partition coefficient (Wildman–Crippen LogP) is 3.40. The maximum absolute atomic E-state index is 11.7. The quantitative estimate of drug-likeness (QED) is 0.527. The summed E-state index contributed by atoms with van der Waals surface area (Å²) in [6.45, 7) is 7.24. The van der Waals surface area contributed by atoms with Crippen molar-refractivity contribution in [3.63, 3.8) is 0 Å². The van der Waals surface area contributed by atoms with Gasteiger partial charge in [-0.25, -0.2) is 0 Å². The highest BCUT2D eigenvalue weighted by Gasteiger charge is 2.29. The van der Waals surface area contributed by atoms with E-state index in [1.165, 1.54) is 6.42 Å². The van der Waals surface area contributed by atoms with E-state index >= 15 is 0 Å². The molecule has 3 atom stereocenters. The third-order valence-corrected chi connectivity index (χ3v) is 3.67. The van der Waals surface area contributed by atoms with Crippen LogP contribution in [0.4, 0.5) is 0 Å². The summed E-state index contributed by atoms with van der Waals surface area (Å²) in [4.78, 5) is 11.7. The Morgan fingerprint density at radius 2 is 2.00 bits per heavy atom. The zero-order valence-corrected chi connectivity index (χ0v) is 10.3. The fourth-order valence-corrected chi connectivity index (χ4v) is 2.20. The molecular weight excluding hydrogens is 188 g/mol. The lowest BCUT2D eigenvalue weighted by Crippen LogP contribution is -2.27. The summed E-state index contributed by atoms with van der Waals surface area (Å²) in [6, 6.07) is 0. The fourth-order valence-electron chi connectivity index (χ4n) is 2.20. The summed E-state index contributed by atoms with van der Waals surface area (Å²) in [5, 5.41) is 0. The molecule has 0 saturated heterocycles. The van der Waals surface area contributed by atoms with Crippen LogP contribution in [-0.4, -0.2) is 12.6 Å². The zero-order chi connectivity index (χ0) is 11.3. The lowest BCUT2D eigenvalue weighted by molar-refractivity contribution is -0.150. The van der Waals surface area contributed by atoms with Crippen LogP contribution in [0.2, 0.25) is 0 Å². The van der Waals surface area contributed by atoms with E-state index < -0.39 is 0 Å². The number of ether oxygens (including phenoxy) is 1. The second-order valence-electron chi connectivity index (χ2n) is 4.99. The van der Waals surface area contributed by atoms with Crippen molar-refractivity contribution in [3.05, 3.63) is 0 Å². The van der Waals surface area contributed by atoms with Gasteiger partial charge in [-0.3, -0.25) is 4.79 Å². The maximum Gasteiger partial charge on any atom is 0.308 e. The van der Waals surface area contributed by atoms with Crippen LogP contribution in [0.5, 0.6) is 0 Å². The molecule has 0 amide bonds. The van der Waals surface area contributed by atoms with E-state index in [1.54, 1.807) is 0 Å². The summed E-state index contributed by atoms with van der Waals surface area (Å²) in [6.07, 6.45) is 5.30. The van der Waals surface area contributed by atoms with Gasteiger partial charge in [0.15, 0.2) is 0 Å². The van der Waals surface area contributed by atoms with Gasteiger partial charge in [-0.15, -0.1) is 0 Å². The molecule has 1 aliphatic carbocycles. The fraction of sp³-hybridized carbons (Fsp3) is 0.923. The van der Waals surface area contributed by atoms with E-state index in [0.717, 1.165) is 31.6 Å². The third-order valence-electron chi connectivity index (χ3n) is 3.67. The SMILES string of the molecule is CCCCOC(=O)[C@@H]1CCC(C)[C@@H](C)C1. The standard InChI is InChI=1S/C13H24O2/c1-4-5-8-15-13(14)12-7-6-10(2)11(3)9-12/h10-12H,4-9H2,1-3H3/t10?,11-,12+/m0/s1. The van der Waals surface area contributed by atoms with Crippen molar-refractivity contribution >= 4 is 5.97 Å². The first kappa shape index (κ1) is 12.5. The topological polar surface area (TPSA) is 26.3 Å². The Hall–Kier alpha value is -0.530. The summed E-state index contributed by atoms with van der Waals surface area (Å²) >= 11 is 0. The van der Waals surface area contributed by atoms with Crippen molar-refractivity contribution in [1.29, 1.82) is 0 Å². The molecule has 0 aromatic heterocycles. The molecule has 0 N–H and O–H groups in total. The van der Waals surface area contributed by atoms with Crippen LogP contribution in [0.15, 0.2) is 0 Å². The molecule has 2 nitrogen and oxygen atoms in total. The first-order chi connectivity index (χ1) is 7.15. The minimum absolute atomic E-state index is 0.0437. The number of unbranched alkanes of at least 4 members (excludes halogenated alkanes) is 1. The Labute approximate surface area is 93.4 Å². The molecule has 2 heteroatoms. The van der Waals surface area contributed by atoms with Gasteiger partial charge in [0, 0.05) is 0 Å². The van der Waals surface area contributed by atoms with E-state index in [-0.39, 0.29) is 11.9 Å². The summed E-state index contributed by atoms with van der Waals surface area (Å²) in [5.74, 6) is 1.66. The van der Waals surface area contributed by atoms with Crippen LogP contribution in [0, 0.1) is 17.8 Å². The molecule has 0 radical (unpaired) electrons. The van der Waals surface area contributed by atoms with Crippen LogP contribution < -0.4 is 0 Å². The van der Waals surface area contributed by atoms with Crippen LogP contribution in [0.25, 0.3) is 0 Å². The largest absolute Gasteiger partial charge is 0.465 e. The van der Waals surface area contributed by atoms with Crippen molar-refractivity contribution < 1.29 is 9.53 Å². The van der Waals surface area contributed by atoms with Crippen molar-refractivity contribution in [2.45, 2.75) is 52.9 Å². The van der Waals surface area contributed by atoms with Gasteiger partial charge >= 0.3 is 5.97 Å². The Bertz CT molecular complexity index is 201. The molecule has 88 valence electrons. The molecular formula is C13H24O2. The van der Waals surface area contributed by atoms with Gasteiger partial charge in [0.25, 0.3) is 0 Å². The molecule has 1 unspecified atom stereocenters. The Balaban J connectivity index is 2.28. The minimum atomic E-state index is 0.0437. The molecule has 0 aromatic carbocycles. The molecule has 0 aromatic rings. The van der Waals surface area contributed by atoms with Gasteiger partial charge in [0.1, 0.15) is 0 Å². The van der Waals surface area contributed by atoms with E-state index in [0.29, 0.717) is 12.5 Å². The summed E-state index contributed by atoms with van der Waals surface area (Å²) in [7, 11) is 0. The first-order valence-electron chi connectivity index (χ1n) is 6.31. The molecule has 0 spiro atoms. The van der Waals surface area contributed by atoms with E-state index in [2.05, 4.69) is 20.8 Å². The molecule has 0 aliphatic heterocycles. The second kappa shape index (κ2) is 6.14. The molecule has 1 saturated carbocycles. The van der Waals surface area contributed by atoms with Crippen molar-refractivity contribution in [2.75, 3.05) is 6.61 Å². The van der Waals surface area contributed by atoms with Gasteiger partial charge in [-0.1, -0.05) is 27.2 Å². The van der Waals surface area contributed by atoms with E-state index in [9.17, 15) is 4.79 Å². The molecule has 1 aliphatic rings. The number of esters is 1. The van der Waals surface area contributed by atoms with Crippen LogP contribution in [0.3, 0.4) is 0 Å². The number of rotatable bonds is 4. The molecule has 1 rings (SSSR count). The van der Waals surface area contributed by atoms with Crippen molar-refractivity contribution in [3.8, 4) is 0 Å². The van der Waals surface area contributed by atoms with Gasteiger partial charge in [0.2, 0.25) is 0 Å². The number of carbonyl (C=O) groups excluding carboxylic acids is 1. The van der Waals surface area contributed by atoms with Gasteiger partial charge in [-0.05, 0) is 37.5 Å². The lowest BCUT2D eigenvalue weighted by Gasteiger charge is -2.30. The second-order valence-corrected chi connectivity index (χ2v) is 4.99. The van der Waals surface area contributed by atoms with Crippen LogP contribution in [-0.2, 0) is 9.53 Å². The van der Waals surface area contributed by atoms with Gasteiger partial charge in [-0.2, -0.15) is 0 Å². The van der Waals surface area contributed by atoms with E-state index in [1.807, 2.05) is 0 Å². The minimum Gasteiger partial charge on any atom is -0.465 e. The highest BCUT2D eigenvalue weighted by atomic mass is 16.5. The Morgan fingerprint density at radius 3 is 2.60 bits per heavy atom. The van der Waals surface area contributed by atoms with E-state index in [4.69, 9.17) is 4.74 Å². The van der Waals surface area contributed by atoms with Crippen LogP contribution in [0.1, 0.15) is 52.9 Å². The van der Waals surface area contributed by atoms with Gasteiger partial charge < -0.3 is 4.74 Å². The first-order valence-corrected chi connectivity index (χ1v) is 6.31. The number of hydrogen-bond donors (Lipinski definition) is 0.